The minimum Gasteiger partial charge on any atom is -0.460 e. The maximum absolute atomic E-state index is 12.1. The molecule has 0 aromatic rings. The fourth-order valence-electron chi connectivity index (χ4n) is 2.06. The highest BCUT2D eigenvalue weighted by Crippen LogP contribution is 2.20. The molecule has 0 spiro atoms. The number of rotatable bonds is 3. The number of amides is 1. The number of carbonyl (C=O) groups is 2. The Morgan fingerprint density at radius 3 is 2.42 bits per heavy atom. The lowest BCUT2D eigenvalue weighted by Crippen LogP contribution is -2.55. The number of nitrogens with zero attached hydrogens (tertiary/aromatic N) is 1. The predicted octanol–water partition coefficient (Wildman–Crippen LogP) is 1.75. The second-order valence-electron chi connectivity index (χ2n) is 6.50. The van der Waals surface area contributed by atoms with Crippen molar-refractivity contribution in [3.8, 4) is 0 Å². The van der Waals surface area contributed by atoms with Crippen LogP contribution in [0, 0.1) is 0 Å². The quantitative estimate of drug-likeness (QED) is 0.734. The van der Waals surface area contributed by atoms with Crippen LogP contribution in [0.1, 0.15) is 47.5 Å². The molecule has 0 radical (unpaired) electrons. The first kappa shape index (κ1) is 16.0. The summed E-state index contributed by atoms with van der Waals surface area (Å²) in [6.45, 7) is 11.1. The van der Waals surface area contributed by atoms with Gasteiger partial charge < -0.3 is 14.4 Å². The summed E-state index contributed by atoms with van der Waals surface area (Å²) in [5.74, 6) is -0.342. The van der Waals surface area contributed by atoms with Gasteiger partial charge in [-0.15, -0.1) is 0 Å². The van der Waals surface area contributed by atoms with Gasteiger partial charge in [0.25, 0.3) is 0 Å². The van der Waals surface area contributed by atoms with Crippen LogP contribution in [0.25, 0.3) is 0 Å². The Balaban J connectivity index is 2.45. The SMILES string of the molecule is CC(C)(C)OC(=O)CCC(=O)N1CCOCC1(C)C. The van der Waals surface area contributed by atoms with Gasteiger partial charge in [-0.2, -0.15) is 0 Å². The molecule has 5 nitrogen and oxygen atoms in total. The lowest BCUT2D eigenvalue weighted by molar-refractivity contribution is -0.158. The summed E-state index contributed by atoms with van der Waals surface area (Å²) in [4.78, 5) is 25.5. The van der Waals surface area contributed by atoms with E-state index in [4.69, 9.17) is 9.47 Å². The van der Waals surface area contributed by atoms with E-state index in [2.05, 4.69) is 0 Å². The molecule has 1 heterocycles. The van der Waals surface area contributed by atoms with Gasteiger partial charge >= 0.3 is 5.97 Å². The highest BCUT2D eigenvalue weighted by molar-refractivity contribution is 5.82. The second-order valence-corrected chi connectivity index (χ2v) is 6.50. The van der Waals surface area contributed by atoms with E-state index in [9.17, 15) is 9.59 Å². The Kier molecular flexibility index (Phi) is 4.96. The molecule has 1 aliphatic rings. The van der Waals surface area contributed by atoms with Gasteiger partial charge in [0.05, 0.1) is 25.2 Å². The van der Waals surface area contributed by atoms with Gasteiger partial charge in [0.15, 0.2) is 0 Å². The lowest BCUT2D eigenvalue weighted by Gasteiger charge is -2.42. The normalized spacial score (nSPS) is 19.1. The zero-order valence-electron chi connectivity index (χ0n) is 12.6. The largest absolute Gasteiger partial charge is 0.460 e. The molecule has 0 aromatic heterocycles. The topological polar surface area (TPSA) is 55.8 Å². The zero-order valence-corrected chi connectivity index (χ0v) is 12.6. The van der Waals surface area contributed by atoms with Gasteiger partial charge in [0.1, 0.15) is 5.60 Å². The van der Waals surface area contributed by atoms with Crippen molar-refractivity contribution in [2.45, 2.75) is 58.6 Å². The zero-order chi connectivity index (χ0) is 14.7. The number of esters is 1. The van der Waals surface area contributed by atoms with Crippen molar-refractivity contribution in [1.29, 1.82) is 0 Å². The fourth-order valence-corrected chi connectivity index (χ4v) is 2.06. The van der Waals surface area contributed by atoms with Crippen LogP contribution in [0.5, 0.6) is 0 Å². The Labute approximate surface area is 115 Å². The third-order valence-corrected chi connectivity index (χ3v) is 2.91. The summed E-state index contributed by atoms with van der Waals surface area (Å²) in [6, 6.07) is 0. The summed E-state index contributed by atoms with van der Waals surface area (Å²) in [5.41, 5.74) is -0.804. The van der Waals surface area contributed by atoms with Crippen molar-refractivity contribution < 1.29 is 19.1 Å². The van der Waals surface area contributed by atoms with E-state index in [0.717, 1.165) is 0 Å². The average Bonchev–Trinajstić information content (AvgIpc) is 2.23. The lowest BCUT2D eigenvalue weighted by atomic mass is 10.0. The number of carbonyl (C=O) groups excluding carboxylic acids is 2. The molecule has 1 saturated heterocycles. The molecule has 0 N–H and O–H groups in total. The second kappa shape index (κ2) is 5.90. The third-order valence-electron chi connectivity index (χ3n) is 2.91. The van der Waals surface area contributed by atoms with Crippen molar-refractivity contribution in [2.75, 3.05) is 19.8 Å². The summed E-state index contributed by atoms with van der Waals surface area (Å²) in [5, 5.41) is 0. The maximum atomic E-state index is 12.1. The van der Waals surface area contributed by atoms with E-state index >= 15 is 0 Å². The van der Waals surface area contributed by atoms with Crippen LogP contribution in [-0.4, -0.2) is 47.7 Å². The molecular formula is C14H25NO4. The molecule has 0 aliphatic carbocycles. The number of hydrogen-bond acceptors (Lipinski definition) is 4. The molecule has 0 saturated carbocycles. The number of ether oxygens (including phenoxy) is 2. The van der Waals surface area contributed by atoms with Gasteiger partial charge in [0.2, 0.25) is 5.91 Å². The van der Waals surface area contributed by atoms with Gasteiger partial charge in [-0.1, -0.05) is 0 Å². The van der Waals surface area contributed by atoms with Crippen LogP contribution >= 0.6 is 0 Å². The van der Waals surface area contributed by atoms with Crippen LogP contribution in [0.2, 0.25) is 0 Å². The molecular weight excluding hydrogens is 246 g/mol. The first-order chi connectivity index (χ1) is 8.62. The Bertz CT molecular complexity index is 344. The van der Waals surface area contributed by atoms with E-state index in [-0.39, 0.29) is 30.3 Å². The minimum absolute atomic E-state index is 0.0147. The van der Waals surface area contributed by atoms with E-state index in [1.807, 2.05) is 34.6 Å². The van der Waals surface area contributed by atoms with Crippen molar-refractivity contribution in [3.05, 3.63) is 0 Å². The van der Waals surface area contributed by atoms with Gasteiger partial charge in [-0.3, -0.25) is 9.59 Å². The highest BCUT2D eigenvalue weighted by atomic mass is 16.6. The van der Waals surface area contributed by atoms with Crippen molar-refractivity contribution >= 4 is 11.9 Å². The van der Waals surface area contributed by atoms with Gasteiger partial charge in [0, 0.05) is 13.0 Å². The third kappa shape index (κ3) is 5.19. The van der Waals surface area contributed by atoms with Crippen molar-refractivity contribution in [3.63, 3.8) is 0 Å². The van der Waals surface area contributed by atoms with Crippen LogP contribution in [0.15, 0.2) is 0 Å². The van der Waals surface area contributed by atoms with Crippen LogP contribution in [0.3, 0.4) is 0 Å². The molecule has 5 heteroatoms. The monoisotopic (exact) mass is 271 g/mol. The van der Waals surface area contributed by atoms with Crippen molar-refractivity contribution in [1.82, 2.24) is 4.90 Å². The first-order valence-corrected chi connectivity index (χ1v) is 6.72. The Morgan fingerprint density at radius 2 is 1.89 bits per heavy atom. The van der Waals surface area contributed by atoms with Crippen LogP contribution in [0.4, 0.5) is 0 Å². The summed E-state index contributed by atoms with van der Waals surface area (Å²) >= 11 is 0. The Morgan fingerprint density at radius 1 is 1.26 bits per heavy atom. The summed E-state index contributed by atoms with van der Waals surface area (Å²) < 4.78 is 10.6. The van der Waals surface area contributed by atoms with Gasteiger partial charge in [-0.05, 0) is 34.6 Å². The molecule has 0 bridgehead atoms. The molecule has 19 heavy (non-hydrogen) atoms. The van der Waals surface area contributed by atoms with E-state index in [0.29, 0.717) is 19.8 Å². The molecule has 0 unspecified atom stereocenters. The highest BCUT2D eigenvalue weighted by Gasteiger charge is 2.34. The molecule has 110 valence electrons. The van der Waals surface area contributed by atoms with Crippen LogP contribution < -0.4 is 0 Å². The standard InChI is InChI=1S/C14H25NO4/c1-13(2,3)19-12(17)7-6-11(16)15-8-9-18-10-14(15,4)5/h6-10H2,1-5H3. The first-order valence-electron chi connectivity index (χ1n) is 6.72. The van der Waals surface area contributed by atoms with Gasteiger partial charge in [-0.25, -0.2) is 0 Å². The summed E-state index contributed by atoms with van der Waals surface area (Å²) in [6.07, 6.45) is 0.321. The smallest absolute Gasteiger partial charge is 0.306 e. The summed E-state index contributed by atoms with van der Waals surface area (Å²) in [7, 11) is 0. The van der Waals surface area contributed by atoms with Crippen molar-refractivity contribution in [2.24, 2.45) is 0 Å². The minimum atomic E-state index is -0.502. The molecule has 1 aliphatic heterocycles. The Hall–Kier alpha value is -1.10. The molecule has 0 atom stereocenters. The maximum Gasteiger partial charge on any atom is 0.306 e. The number of morpholine rings is 1. The molecule has 1 fully saturated rings. The van der Waals surface area contributed by atoms with E-state index in [1.54, 1.807) is 4.90 Å². The predicted molar refractivity (Wildman–Crippen MR) is 71.7 cm³/mol. The van der Waals surface area contributed by atoms with E-state index in [1.165, 1.54) is 0 Å². The average molecular weight is 271 g/mol. The molecule has 1 rings (SSSR count). The molecule has 0 aromatic carbocycles. The van der Waals surface area contributed by atoms with E-state index < -0.39 is 5.60 Å². The van der Waals surface area contributed by atoms with Crippen LogP contribution in [-0.2, 0) is 19.1 Å². The fraction of sp³-hybridized carbons (Fsp3) is 0.857. The molecule has 1 amide bonds. The number of hydrogen-bond donors (Lipinski definition) is 0.